The second-order valence-corrected chi connectivity index (χ2v) is 5.72. The van der Waals surface area contributed by atoms with Crippen LogP contribution in [0.15, 0.2) is 77.9 Å². The standard InChI is InChI=1S/C20H20.Ti/c1-20(2,18-14-8-9-15-18)19(17-12-6-7-13-17)16-10-4-3-5-11-16;/h3-12,14H,1,13,15H2,2H3;/q-2;+2. The topological polar surface area (TPSA) is 0 Å². The Kier molecular flexibility index (Phi) is 5.14. The van der Waals surface area contributed by atoms with Crippen molar-refractivity contribution < 1.29 is 21.7 Å². The van der Waals surface area contributed by atoms with Gasteiger partial charge in [-0.3, -0.25) is 0 Å². The van der Waals surface area contributed by atoms with Crippen molar-refractivity contribution in [3.63, 3.8) is 0 Å². The van der Waals surface area contributed by atoms with Gasteiger partial charge in [-0.05, 0) is 12.8 Å². The van der Waals surface area contributed by atoms with Crippen LogP contribution in [0.5, 0.6) is 0 Å². The van der Waals surface area contributed by atoms with Gasteiger partial charge in [0.2, 0.25) is 0 Å². The molecule has 21 heavy (non-hydrogen) atoms. The molecule has 1 heteroatoms. The van der Waals surface area contributed by atoms with E-state index in [1.54, 1.807) is 0 Å². The quantitative estimate of drug-likeness (QED) is 0.528. The van der Waals surface area contributed by atoms with Crippen molar-refractivity contribution in [2.24, 2.45) is 5.41 Å². The first-order valence-corrected chi connectivity index (χ1v) is 7.20. The summed E-state index contributed by atoms with van der Waals surface area (Å²) in [6.45, 7) is 6.80. The summed E-state index contributed by atoms with van der Waals surface area (Å²) >= 11 is 0. The van der Waals surface area contributed by atoms with Gasteiger partial charge in [0.05, 0.1) is 0 Å². The zero-order valence-corrected chi connectivity index (χ0v) is 14.0. The molecule has 0 amide bonds. The number of allylic oxidation sites excluding steroid dienone is 8. The van der Waals surface area contributed by atoms with Gasteiger partial charge >= 0.3 is 21.7 Å². The molecule has 0 bridgehead atoms. The van der Waals surface area contributed by atoms with E-state index < -0.39 is 0 Å². The maximum atomic E-state index is 4.56. The van der Waals surface area contributed by atoms with Gasteiger partial charge < -0.3 is 6.92 Å². The fourth-order valence-electron chi connectivity index (χ4n) is 3.11. The second-order valence-electron chi connectivity index (χ2n) is 5.72. The fourth-order valence-corrected chi connectivity index (χ4v) is 3.11. The van der Waals surface area contributed by atoms with Crippen LogP contribution in [0.25, 0.3) is 0 Å². The summed E-state index contributed by atoms with van der Waals surface area (Å²) < 4.78 is 0. The smallest absolute Gasteiger partial charge is 0.338 e. The van der Waals surface area contributed by atoms with Crippen molar-refractivity contribution in [3.05, 3.63) is 96.3 Å². The summed E-state index contributed by atoms with van der Waals surface area (Å²) in [6.07, 6.45) is 15.2. The Morgan fingerprint density at radius 2 is 1.67 bits per heavy atom. The summed E-state index contributed by atoms with van der Waals surface area (Å²) in [7, 11) is 0. The van der Waals surface area contributed by atoms with Crippen molar-refractivity contribution in [2.45, 2.75) is 19.8 Å². The van der Waals surface area contributed by atoms with Crippen LogP contribution in [0.1, 0.15) is 25.3 Å². The molecule has 0 spiro atoms. The van der Waals surface area contributed by atoms with Gasteiger partial charge in [0.25, 0.3) is 0 Å². The molecule has 0 radical (unpaired) electrons. The Morgan fingerprint density at radius 1 is 1.00 bits per heavy atom. The molecule has 0 fully saturated rings. The molecule has 0 saturated heterocycles. The van der Waals surface area contributed by atoms with Crippen LogP contribution in [0.4, 0.5) is 0 Å². The minimum Gasteiger partial charge on any atom is -0.338 e. The van der Waals surface area contributed by atoms with Crippen LogP contribution in [0.3, 0.4) is 0 Å². The van der Waals surface area contributed by atoms with E-state index in [4.69, 9.17) is 0 Å². The van der Waals surface area contributed by atoms with Crippen LogP contribution < -0.4 is 0 Å². The predicted octanol–water partition coefficient (Wildman–Crippen LogP) is 5.22. The first kappa shape index (κ1) is 16.1. The van der Waals surface area contributed by atoms with Gasteiger partial charge in [-0.2, -0.15) is 0 Å². The third-order valence-electron chi connectivity index (χ3n) is 4.19. The van der Waals surface area contributed by atoms with Crippen molar-refractivity contribution in [1.82, 2.24) is 0 Å². The third-order valence-corrected chi connectivity index (χ3v) is 4.19. The van der Waals surface area contributed by atoms with E-state index in [0.717, 1.165) is 12.8 Å². The second kappa shape index (κ2) is 6.68. The maximum absolute atomic E-state index is 4.56. The molecule has 0 nitrogen and oxygen atoms in total. The van der Waals surface area contributed by atoms with E-state index >= 15 is 0 Å². The van der Waals surface area contributed by atoms with Gasteiger partial charge in [-0.1, -0.05) is 42.9 Å². The van der Waals surface area contributed by atoms with E-state index in [0.29, 0.717) is 0 Å². The molecular weight excluding hydrogens is 288 g/mol. The largest absolute Gasteiger partial charge is 2.00 e. The molecular formula is C20H20Ti. The van der Waals surface area contributed by atoms with E-state index in [2.05, 4.69) is 80.6 Å². The summed E-state index contributed by atoms with van der Waals surface area (Å²) in [5, 5.41) is 0. The number of hydrogen-bond donors (Lipinski definition) is 0. The van der Waals surface area contributed by atoms with Crippen molar-refractivity contribution in [3.8, 4) is 0 Å². The molecule has 104 valence electrons. The Bertz CT molecular complexity index is 600. The van der Waals surface area contributed by atoms with Crippen LogP contribution in [-0.2, 0) is 21.7 Å². The molecule has 0 N–H and O–H groups in total. The van der Waals surface area contributed by atoms with Gasteiger partial charge in [0.15, 0.2) is 0 Å². The van der Waals surface area contributed by atoms with E-state index in [-0.39, 0.29) is 27.1 Å². The molecule has 0 saturated carbocycles. The molecule has 3 rings (SSSR count). The minimum atomic E-state index is -0.178. The van der Waals surface area contributed by atoms with E-state index in [1.165, 1.54) is 22.6 Å². The van der Waals surface area contributed by atoms with Crippen LogP contribution >= 0.6 is 0 Å². The summed E-state index contributed by atoms with van der Waals surface area (Å²) in [5.41, 5.74) is 3.89. The van der Waals surface area contributed by atoms with E-state index in [1.807, 2.05) is 0 Å². The first-order valence-electron chi connectivity index (χ1n) is 7.20. The molecule has 0 aliphatic heterocycles. The SMILES string of the molecule is [CH2-]C(C)(C1=CC=CC1)[C-](C1=CC=CC1)c1ccccc1.[Ti+2]. The van der Waals surface area contributed by atoms with Gasteiger partial charge in [0, 0.05) is 0 Å². The van der Waals surface area contributed by atoms with Crippen molar-refractivity contribution in [1.29, 1.82) is 0 Å². The Balaban J connectivity index is 0.00000161. The van der Waals surface area contributed by atoms with Gasteiger partial charge in [-0.15, -0.1) is 58.9 Å². The van der Waals surface area contributed by atoms with Gasteiger partial charge in [0.1, 0.15) is 0 Å². The molecule has 2 aliphatic carbocycles. The molecule has 0 aromatic heterocycles. The van der Waals surface area contributed by atoms with Crippen molar-refractivity contribution in [2.75, 3.05) is 0 Å². The van der Waals surface area contributed by atoms with Gasteiger partial charge in [-0.25, -0.2) is 0 Å². The van der Waals surface area contributed by atoms with Crippen molar-refractivity contribution >= 4 is 0 Å². The molecule has 1 unspecified atom stereocenters. The zero-order valence-electron chi connectivity index (χ0n) is 12.5. The number of hydrogen-bond acceptors (Lipinski definition) is 0. The summed E-state index contributed by atoms with van der Waals surface area (Å²) in [6, 6.07) is 10.7. The zero-order chi connectivity index (χ0) is 14.0. The monoisotopic (exact) mass is 308 g/mol. The third kappa shape index (κ3) is 3.17. The van der Waals surface area contributed by atoms with Crippen LogP contribution in [-0.4, -0.2) is 0 Å². The van der Waals surface area contributed by atoms with Crippen LogP contribution in [0, 0.1) is 18.3 Å². The normalized spacial score (nSPS) is 18.8. The molecule has 0 heterocycles. The molecule has 1 atom stereocenters. The molecule has 1 aromatic rings. The van der Waals surface area contributed by atoms with E-state index in [9.17, 15) is 0 Å². The predicted molar refractivity (Wildman–Crippen MR) is 85.9 cm³/mol. The Hall–Kier alpha value is -1.24. The molecule has 2 aliphatic rings. The van der Waals surface area contributed by atoms with Crippen LogP contribution in [0.2, 0.25) is 0 Å². The first-order chi connectivity index (χ1) is 9.69. The maximum Gasteiger partial charge on any atom is 2.00 e. The Morgan fingerprint density at radius 3 is 2.24 bits per heavy atom. The number of rotatable bonds is 4. The number of benzene rings is 1. The Labute approximate surface area is 143 Å². The fraction of sp³-hybridized carbons (Fsp3) is 0.200. The average Bonchev–Trinajstić information content (AvgIpc) is 3.13. The average molecular weight is 308 g/mol. The summed E-state index contributed by atoms with van der Waals surface area (Å²) in [4.78, 5) is 0. The molecule has 1 aromatic carbocycles. The minimum absolute atomic E-state index is 0. The summed E-state index contributed by atoms with van der Waals surface area (Å²) in [5.74, 6) is 1.36.